The lowest BCUT2D eigenvalue weighted by atomic mass is 10.1. The number of fused-ring (bicyclic) bond motifs is 1. The van der Waals surface area contributed by atoms with Crippen molar-refractivity contribution in [3.8, 4) is 0 Å². The van der Waals surface area contributed by atoms with Gasteiger partial charge in [0.2, 0.25) is 0 Å². The zero-order valence-corrected chi connectivity index (χ0v) is 16.0. The first-order valence-electron chi connectivity index (χ1n) is 7.55. The van der Waals surface area contributed by atoms with Gasteiger partial charge >= 0.3 is 15.6 Å². The molecule has 2 aromatic heterocycles. The molecular formula is C11H17N5O10P2. The number of methoxy groups -OCH3 is 1. The summed E-state index contributed by atoms with van der Waals surface area (Å²) >= 11 is 0. The molecule has 0 aliphatic carbocycles. The second kappa shape index (κ2) is 7.72. The van der Waals surface area contributed by atoms with Gasteiger partial charge in [0.05, 0.1) is 12.9 Å². The fourth-order valence-corrected chi connectivity index (χ4v) is 3.74. The van der Waals surface area contributed by atoms with E-state index >= 15 is 0 Å². The van der Waals surface area contributed by atoms with Gasteiger partial charge in [-0.25, -0.2) is 24.1 Å². The van der Waals surface area contributed by atoms with E-state index in [2.05, 4.69) is 19.5 Å². The van der Waals surface area contributed by atoms with E-state index in [0.717, 1.165) is 0 Å². The molecule has 6 N–H and O–H groups in total. The van der Waals surface area contributed by atoms with E-state index in [1.54, 1.807) is 0 Å². The van der Waals surface area contributed by atoms with E-state index in [9.17, 15) is 18.9 Å². The van der Waals surface area contributed by atoms with Crippen molar-refractivity contribution >= 4 is 32.6 Å². The van der Waals surface area contributed by atoms with Gasteiger partial charge in [-0.2, -0.15) is 0 Å². The maximum Gasteiger partial charge on any atom is 0.470 e. The summed E-state index contributed by atoms with van der Waals surface area (Å²) < 4.78 is 43.8. The van der Waals surface area contributed by atoms with Crippen LogP contribution < -0.4 is 5.73 Å². The fraction of sp³-hybridized carbons (Fsp3) is 0.545. The lowest BCUT2D eigenvalue weighted by Crippen LogP contribution is -2.37. The molecule has 1 aliphatic heterocycles. The summed E-state index contributed by atoms with van der Waals surface area (Å²) in [5.74, 6) is 0.0973. The number of hydrogen-bond acceptors (Lipinski definition) is 10. The van der Waals surface area contributed by atoms with Crippen LogP contribution in [-0.4, -0.2) is 71.1 Å². The van der Waals surface area contributed by atoms with Crippen molar-refractivity contribution < 1.29 is 47.2 Å². The topological polar surface area (TPSA) is 222 Å². The van der Waals surface area contributed by atoms with Crippen molar-refractivity contribution in [1.82, 2.24) is 19.5 Å². The molecule has 3 heterocycles. The molecule has 0 spiro atoms. The average molecular weight is 441 g/mol. The van der Waals surface area contributed by atoms with Crippen molar-refractivity contribution in [2.75, 3.05) is 19.5 Å². The summed E-state index contributed by atoms with van der Waals surface area (Å²) in [7, 11) is -8.64. The standard InChI is InChI=1S/C11H17N5O10P2/c1-23-8-7(26-28(20,21)22)5(2-24-27(17,18)19)25-11(8)16-4-15-6-9(12)13-3-14-10(6)16/h3-5,7-8,11H,2H2,1H3,(H2,12,13,14)(H2,17,18,19)(H2,20,21,22). The third-order valence-corrected chi connectivity index (χ3v) is 4.89. The monoisotopic (exact) mass is 441 g/mol. The number of nitrogens with two attached hydrogens (primary N) is 1. The first-order valence-corrected chi connectivity index (χ1v) is 10.6. The van der Waals surface area contributed by atoms with Gasteiger partial charge in [0.15, 0.2) is 17.7 Å². The molecule has 1 saturated heterocycles. The van der Waals surface area contributed by atoms with E-state index in [0.29, 0.717) is 0 Å². The van der Waals surface area contributed by atoms with Crippen LogP contribution in [0.3, 0.4) is 0 Å². The summed E-state index contributed by atoms with van der Waals surface area (Å²) in [5, 5.41) is 0. The van der Waals surface area contributed by atoms with Gasteiger partial charge < -0.3 is 34.8 Å². The van der Waals surface area contributed by atoms with E-state index in [1.807, 2.05) is 0 Å². The Bertz CT molecular complexity index is 943. The molecule has 156 valence electrons. The molecule has 17 heteroatoms. The Morgan fingerprint density at radius 1 is 1.18 bits per heavy atom. The maximum atomic E-state index is 11.4. The first-order chi connectivity index (χ1) is 13.0. The Morgan fingerprint density at radius 2 is 1.89 bits per heavy atom. The van der Waals surface area contributed by atoms with Crippen molar-refractivity contribution in [1.29, 1.82) is 0 Å². The molecule has 28 heavy (non-hydrogen) atoms. The smallest absolute Gasteiger partial charge is 0.382 e. The molecule has 4 atom stereocenters. The van der Waals surface area contributed by atoms with Crippen LogP contribution in [0.1, 0.15) is 6.23 Å². The van der Waals surface area contributed by atoms with Gasteiger partial charge in [0.25, 0.3) is 0 Å². The van der Waals surface area contributed by atoms with Crippen molar-refractivity contribution in [2.45, 2.75) is 24.5 Å². The van der Waals surface area contributed by atoms with E-state index in [-0.39, 0.29) is 17.0 Å². The molecule has 1 aliphatic rings. The lowest BCUT2D eigenvalue weighted by molar-refractivity contribution is -0.0578. The average Bonchev–Trinajstić information content (AvgIpc) is 3.13. The largest absolute Gasteiger partial charge is 0.470 e. The molecule has 0 amide bonds. The van der Waals surface area contributed by atoms with Crippen LogP contribution in [0.2, 0.25) is 0 Å². The Hall–Kier alpha value is -1.51. The van der Waals surface area contributed by atoms with Gasteiger partial charge in [0, 0.05) is 7.11 Å². The quantitative estimate of drug-likeness (QED) is 0.322. The minimum absolute atomic E-state index is 0.0973. The Morgan fingerprint density at radius 3 is 2.50 bits per heavy atom. The van der Waals surface area contributed by atoms with Gasteiger partial charge in [-0.1, -0.05) is 0 Å². The molecule has 15 nitrogen and oxygen atoms in total. The molecule has 0 bridgehead atoms. The second-order valence-electron chi connectivity index (χ2n) is 5.70. The Balaban J connectivity index is 1.97. The second-order valence-corrected chi connectivity index (χ2v) is 8.13. The highest BCUT2D eigenvalue weighted by molar-refractivity contribution is 7.46. The number of imidazole rings is 1. The van der Waals surface area contributed by atoms with Crippen LogP contribution in [-0.2, 0) is 27.7 Å². The molecule has 2 aromatic rings. The third kappa shape index (κ3) is 4.55. The predicted octanol–water partition coefficient (Wildman–Crippen LogP) is -1.09. The van der Waals surface area contributed by atoms with Crippen molar-refractivity contribution in [3.05, 3.63) is 12.7 Å². The molecule has 0 saturated carbocycles. The molecule has 1 fully saturated rings. The highest BCUT2D eigenvalue weighted by atomic mass is 31.2. The number of aromatic nitrogens is 4. The molecule has 3 rings (SSSR count). The predicted molar refractivity (Wildman–Crippen MR) is 89.4 cm³/mol. The van der Waals surface area contributed by atoms with E-state index in [4.69, 9.17) is 29.5 Å². The number of phosphoric acid groups is 2. The highest BCUT2D eigenvalue weighted by Gasteiger charge is 2.50. The van der Waals surface area contributed by atoms with Crippen LogP contribution in [0.15, 0.2) is 12.7 Å². The van der Waals surface area contributed by atoms with Gasteiger partial charge in [-0.3, -0.25) is 13.6 Å². The molecule has 0 aromatic carbocycles. The van der Waals surface area contributed by atoms with Crippen LogP contribution in [0.5, 0.6) is 0 Å². The van der Waals surface area contributed by atoms with Crippen LogP contribution >= 0.6 is 15.6 Å². The third-order valence-electron chi connectivity index (χ3n) is 3.88. The zero-order chi connectivity index (χ0) is 20.7. The van der Waals surface area contributed by atoms with Crippen LogP contribution in [0.4, 0.5) is 5.82 Å². The number of rotatable bonds is 7. The van der Waals surface area contributed by atoms with E-state index in [1.165, 1.54) is 24.3 Å². The van der Waals surface area contributed by atoms with Gasteiger partial charge in [-0.05, 0) is 0 Å². The molecular weight excluding hydrogens is 424 g/mol. The summed E-state index contributed by atoms with van der Waals surface area (Å²) in [6, 6.07) is 0. The Labute approximate surface area is 156 Å². The zero-order valence-electron chi connectivity index (χ0n) is 14.2. The molecule has 0 radical (unpaired) electrons. The van der Waals surface area contributed by atoms with Crippen molar-refractivity contribution in [3.63, 3.8) is 0 Å². The first kappa shape index (κ1) is 21.2. The maximum absolute atomic E-state index is 11.4. The van der Waals surface area contributed by atoms with Crippen LogP contribution in [0.25, 0.3) is 11.2 Å². The fourth-order valence-electron chi connectivity index (χ4n) is 2.83. The van der Waals surface area contributed by atoms with Crippen LogP contribution in [0, 0.1) is 0 Å². The number of nitrogen functional groups attached to an aromatic ring is 1. The van der Waals surface area contributed by atoms with Gasteiger partial charge in [0.1, 0.15) is 30.2 Å². The number of phosphoric ester groups is 2. The summed E-state index contributed by atoms with van der Waals surface area (Å²) in [5.41, 5.74) is 6.23. The lowest BCUT2D eigenvalue weighted by Gasteiger charge is -2.23. The van der Waals surface area contributed by atoms with E-state index < -0.39 is 46.8 Å². The van der Waals surface area contributed by atoms with Gasteiger partial charge in [-0.15, -0.1) is 0 Å². The number of anilines is 1. The number of hydrogen-bond donors (Lipinski definition) is 5. The summed E-state index contributed by atoms with van der Waals surface area (Å²) in [4.78, 5) is 48.1. The SMILES string of the molecule is COC1C(OP(=O)(O)O)C(COP(=O)(O)O)OC1n1cnc2c(N)ncnc21. The van der Waals surface area contributed by atoms with Crippen molar-refractivity contribution in [2.24, 2.45) is 0 Å². The molecule has 4 unspecified atom stereocenters. The Kier molecular flexibility index (Phi) is 5.85. The number of nitrogens with zero attached hydrogens (tertiary/aromatic N) is 4. The number of ether oxygens (including phenoxy) is 2. The summed E-state index contributed by atoms with van der Waals surface area (Å²) in [6.07, 6.45) is -2.44. The minimum atomic E-state index is -5.01. The summed E-state index contributed by atoms with van der Waals surface area (Å²) in [6.45, 7) is -0.727. The minimum Gasteiger partial charge on any atom is -0.382 e. The highest BCUT2D eigenvalue weighted by Crippen LogP contribution is 2.46. The normalized spacial score (nSPS) is 26.2.